The highest BCUT2D eigenvalue weighted by Gasteiger charge is 2.24. The molecule has 0 radical (unpaired) electrons. The molecule has 0 spiro atoms. The summed E-state index contributed by atoms with van der Waals surface area (Å²) in [6, 6.07) is 13.6. The van der Waals surface area contributed by atoms with Gasteiger partial charge in [-0.15, -0.1) is 0 Å². The van der Waals surface area contributed by atoms with Crippen molar-refractivity contribution in [2.24, 2.45) is 0 Å². The van der Waals surface area contributed by atoms with E-state index in [1.807, 2.05) is 42.5 Å². The van der Waals surface area contributed by atoms with Crippen molar-refractivity contribution < 1.29 is 9.00 Å². The standard InChI is InChI=1S/C17H17BrN2O2S/c1-12(21)20-8-7-14-9-15(18)17(10-16(14)20)23(22)19-11-13-5-3-2-4-6-13/h2-6,9-10,19H,7-8,11H2,1H3. The highest BCUT2D eigenvalue weighted by molar-refractivity contribution is 9.10. The Hall–Kier alpha value is -1.50. The minimum Gasteiger partial charge on any atom is -0.312 e. The first-order chi connectivity index (χ1) is 11.1. The normalized spacial score (nSPS) is 14.6. The number of anilines is 1. The number of nitrogens with zero attached hydrogens (tertiary/aromatic N) is 1. The van der Waals surface area contributed by atoms with Crippen molar-refractivity contribution in [2.45, 2.75) is 24.8 Å². The quantitative estimate of drug-likeness (QED) is 0.868. The number of rotatable bonds is 4. The van der Waals surface area contributed by atoms with Crippen LogP contribution in [0.15, 0.2) is 51.8 Å². The van der Waals surface area contributed by atoms with E-state index >= 15 is 0 Å². The summed E-state index contributed by atoms with van der Waals surface area (Å²) in [5.74, 6) is 0.0139. The number of nitrogens with one attached hydrogen (secondary N) is 1. The summed E-state index contributed by atoms with van der Waals surface area (Å²) in [6.45, 7) is 2.76. The van der Waals surface area contributed by atoms with E-state index in [1.54, 1.807) is 11.8 Å². The van der Waals surface area contributed by atoms with Crippen LogP contribution in [0, 0.1) is 0 Å². The topological polar surface area (TPSA) is 49.4 Å². The number of carbonyl (C=O) groups excluding carboxylic acids is 1. The maximum absolute atomic E-state index is 12.6. The van der Waals surface area contributed by atoms with E-state index in [1.165, 1.54) is 0 Å². The lowest BCUT2D eigenvalue weighted by atomic mass is 10.2. The number of hydrogen-bond acceptors (Lipinski definition) is 2. The number of halogens is 1. The zero-order valence-electron chi connectivity index (χ0n) is 12.7. The molecule has 0 aliphatic carbocycles. The first-order valence-corrected chi connectivity index (χ1v) is 9.30. The van der Waals surface area contributed by atoms with Crippen molar-refractivity contribution in [1.82, 2.24) is 4.72 Å². The summed E-state index contributed by atoms with van der Waals surface area (Å²) in [4.78, 5) is 14.1. The van der Waals surface area contributed by atoms with Gasteiger partial charge in [0.25, 0.3) is 0 Å². The molecule has 1 aliphatic rings. The molecule has 1 atom stereocenters. The zero-order valence-corrected chi connectivity index (χ0v) is 15.1. The predicted molar refractivity (Wildman–Crippen MR) is 95.6 cm³/mol. The van der Waals surface area contributed by atoms with Crippen LogP contribution in [0.25, 0.3) is 0 Å². The van der Waals surface area contributed by atoms with Crippen LogP contribution >= 0.6 is 15.9 Å². The average molecular weight is 393 g/mol. The van der Waals surface area contributed by atoms with Gasteiger partial charge in [-0.05, 0) is 45.6 Å². The largest absolute Gasteiger partial charge is 0.312 e. The molecule has 1 aliphatic heterocycles. The van der Waals surface area contributed by atoms with E-state index in [0.717, 1.165) is 27.7 Å². The van der Waals surface area contributed by atoms with Crippen molar-refractivity contribution in [1.29, 1.82) is 0 Å². The summed E-state index contributed by atoms with van der Waals surface area (Å²) in [6.07, 6.45) is 0.831. The first-order valence-electron chi connectivity index (χ1n) is 7.36. The van der Waals surface area contributed by atoms with Gasteiger partial charge in [0, 0.05) is 30.2 Å². The van der Waals surface area contributed by atoms with Crippen molar-refractivity contribution in [3.8, 4) is 0 Å². The monoisotopic (exact) mass is 392 g/mol. The number of fused-ring (bicyclic) bond motifs is 1. The van der Waals surface area contributed by atoms with Crippen LogP contribution < -0.4 is 9.62 Å². The van der Waals surface area contributed by atoms with E-state index in [9.17, 15) is 9.00 Å². The molecule has 1 unspecified atom stereocenters. The van der Waals surface area contributed by atoms with Gasteiger partial charge in [0.2, 0.25) is 5.91 Å². The summed E-state index contributed by atoms with van der Waals surface area (Å²) in [5, 5.41) is 0. The second-order valence-electron chi connectivity index (χ2n) is 5.41. The zero-order chi connectivity index (χ0) is 16.4. The summed E-state index contributed by atoms with van der Waals surface area (Å²) in [5.41, 5.74) is 3.05. The molecule has 6 heteroatoms. The van der Waals surface area contributed by atoms with Gasteiger partial charge >= 0.3 is 0 Å². The number of carbonyl (C=O) groups is 1. The second kappa shape index (κ2) is 6.95. The molecule has 2 aromatic carbocycles. The Morgan fingerprint density at radius 1 is 1.30 bits per heavy atom. The van der Waals surface area contributed by atoms with Gasteiger partial charge in [0.15, 0.2) is 0 Å². The van der Waals surface area contributed by atoms with Crippen LogP contribution in [0.1, 0.15) is 18.1 Å². The highest BCUT2D eigenvalue weighted by Crippen LogP contribution is 2.34. The molecule has 0 aromatic heterocycles. The van der Waals surface area contributed by atoms with Gasteiger partial charge in [0.1, 0.15) is 11.0 Å². The molecular weight excluding hydrogens is 376 g/mol. The molecule has 2 aromatic rings. The minimum absolute atomic E-state index is 0.0139. The lowest BCUT2D eigenvalue weighted by molar-refractivity contribution is -0.116. The van der Waals surface area contributed by atoms with Gasteiger partial charge in [-0.25, -0.2) is 8.93 Å². The first kappa shape index (κ1) is 16.4. The van der Waals surface area contributed by atoms with Gasteiger partial charge in [0.05, 0.1) is 4.90 Å². The Morgan fingerprint density at radius 3 is 2.74 bits per heavy atom. The van der Waals surface area contributed by atoms with Crippen LogP contribution in [-0.2, 0) is 28.7 Å². The summed E-state index contributed by atoms with van der Waals surface area (Å²) in [7, 11) is -1.35. The number of hydrogen-bond donors (Lipinski definition) is 1. The molecule has 4 nitrogen and oxygen atoms in total. The van der Waals surface area contributed by atoms with Gasteiger partial charge in [-0.3, -0.25) is 4.79 Å². The second-order valence-corrected chi connectivity index (χ2v) is 7.53. The third-order valence-electron chi connectivity index (χ3n) is 3.86. The summed E-state index contributed by atoms with van der Waals surface area (Å²) >= 11 is 3.50. The number of benzene rings is 2. The lowest BCUT2D eigenvalue weighted by Crippen LogP contribution is -2.26. The maximum atomic E-state index is 12.6. The van der Waals surface area contributed by atoms with Gasteiger partial charge < -0.3 is 4.90 Å². The minimum atomic E-state index is -1.35. The van der Waals surface area contributed by atoms with E-state index in [-0.39, 0.29) is 5.91 Å². The van der Waals surface area contributed by atoms with Gasteiger partial charge in [-0.1, -0.05) is 30.3 Å². The molecule has 23 heavy (non-hydrogen) atoms. The van der Waals surface area contributed by atoms with Crippen molar-refractivity contribution in [3.63, 3.8) is 0 Å². The molecule has 0 fully saturated rings. The average Bonchev–Trinajstić information content (AvgIpc) is 2.95. The Bertz CT molecular complexity index is 765. The highest BCUT2D eigenvalue weighted by atomic mass is 79.9. The Labute approximate surface area is 146 Å². The van der Waals surface area contributed by atoms with Crippen molar-refractivity contribution >= 4 is 38.5 Å². The van der Waals surface area contributed by atoms with Gasteiger partial charge in [-0.2, -0.15) is 0 Å². The summed E-state index contributed by atoms with van der Waals surface area (Å²) < 4.78 is 16.4. The Morgan fingerprint density at radius 2 is 2.04 bits per heavy atom. The third-order valence-corrected chi connectivity index (χ3v) is 5.92. The third kappa shape index (κ3) is 3.54. The smallest absolute Gasteiger partial charge is 0.223 e. The van der Waals surface area contributed by atoms with Crippen LogP contribution in [0.2, 0.25) is 0 Å². The molecular formula is C17H17BrN2O2S. The fourth-order valence-corrected chi connectivity index (χ4v) is 4.42. The van der Waals surface area contributed by atoms with Crippen molar-refractivity contribution in [3.05, 3.63) is 58.1 Å². The van der Waals surface area contributed by atoms with E-state index < -0.39 is 11.0 Å². The molecule has 1 heterocycles. The fraction of sp³-hybridized carbons (Fsp3) is 0.235. The molecule has 0 saturated heterocycles. The maximum Gasteiger partial charge on any atom is 0.223 e. The number of amides is 1. The van der Waals surface area contributed by atoms with E-state index in [2.05, 4.69) is 20.7 Å². The molecule has 1 amide bonds. The molecule has 120 valence electrons. The predicted octanol–water partition coefficient (Wildman–Crippen LogP) is 3.17. The molecule has 0 bridgehead atoms. The van der Waals surface area contributed by atoms with E-state index in [4.69, 9.17) is 0 Å². The van der Waals surface area contributed by atoms with Crippen molar-refractivity contribution in [2.75, 3.05) is 11.4 Å². The molecule has 1 N–H and O–H groups in total. The van der Waals surface area contributed by atoms with Crippen LogP contribution in [0.5, 0.6) is 0 Å². The Kier molecular flexibility index (Phi) is 4.94. The van der Waals surface area contributed by atoms with Crippen LogP contribution in [-0.4, -0.2) is 16.7 Å². The van der Waals surface area contributed by atoms with E-state index in [0.29, 0.717) is 18.0 Å². The van der Waals surface area contributed by atoms with Crippen LogP contribution in [0.4, 0.5) is 5.69 Å². The molecule has 3 rings (SSSR count). The molecule has 0 saturated carbocycles. The van der Waals surface area contributed by atoms with Crippen LogP contribution in [0.3, 0.4) is 0 Å². The lowest BCUT2D eigenvalue weighted by Gasteiger charge is -2.16. The SMILES string of the molecule is CC(=O)N1CCc2cc(Br)c(S(=O)NCc3ccccc3)cc21. The fourth-order valence-electron chi connectivity index (χ4n) is 2.68. The Balaban J connectivity index is 1.81.